The summed E-state index contributed by atoms with van der Waals surface area (Å²) in [5, 5.41) is 13.2. The summed E-state index contributed by atoms with van der Waals surface area (Å²) in [6.45, 7) is 4.12. The van der Waals surface area contributed by atoms with Crippen LogP contribution in [0.25, 0.3) is 10.8 Å². The molecule has 0 radical (unpaired) electrons. The summed E-state index contributed by atoms with van der Waals surface area (Å²) in [5.74, 6) is 1.03. The Bertz CT molecular complexity index is 890. The number of hydrogen-bond acceptors (Lipinski definition) is 7. The van der Waals surface area contributed by atoms with Crippen molar-refractivity contribution in [3.05, 3.63) is 53.2 Å². The number of thiophene rings is 1. The molecular formula is C21H27N5O2S. The molecule has 1 aromatic carbocycles. The summed E-state index contributed by atoms with van der Waals surface area (Å²) < 4.78 is 5.76. The number of carbonyl (C=O) groups excluding carboxylic acids is 1. The Kier molecular flexibility index (Phi) is 7.37. The second kappa shape index (κ2) is 10.2. The Hall–Kier alpha value is -2.71. The van der Waals surface area contributed by atoms with E-state index in [0.29, 0.717) is 31.4 Å². The molecule has 29 heavy (non-hydrogen) atoms. The lowest BCUT2D eigenvalue weighted by atomic mass is 10.2. The number of nitrogens with zero attached hydrogens (tertiary/aromatic N) is 4. The van der Waals surface area contributed by atoms with Crippen LogP contribution >= 0.6 is 11.3 Å². The van der Waals surface area contributed by atoms with Gasteiger partial charge < -0.3 is 14.6 Å². The normalized spacial score (nSPS) is 11.0. The van der Waals surface area contributed by atoms with Gasteiger partial charge in [0.2, 0.25) is 11.8 Å². The molecule has 0 bridgehead atoms. The van der Waals surface area contributed by atoms with Crippen molar-refractivity contribution in [1.29, 1.82) is 0 Å². The number of benzene rings is 1. The Morgan fingerprint density at radius 2 is 1.97 bits per heavy atom. The molecule has 0 unspecified atom stereocenters. The molecule has 0 saturated carbocycles. The fraction of sp³-hybridized carbons (Fsp3) is 0.381. The van der Waals surface area contributed by atoms with Gasteiger partial charge >= 0.3 is 0 Å². The average Bonchev–Trinajstić information content (AvgIpc) is 3.38. The van der Waals surface area contributed by atoms with Crippen LogP contribution in [0.2, 0.25) is 0 Å². The number of hydrogen-bond donors (Lipinski definition) is 1. The second-order valence-corrected chi connectivity index (χ2v) is 7.97. The molecule has 0 atom stereocenters. The van der Waals surface area contributed by atoms with Crippen molar-refractivity contribution >= 4 is 22.9 Å². The third kappa shape index (κ3) is 6.13. The first-order valence-corrected chi connectivity index (χ1v) is 10.5. The van der Waals surface area contributed by atoms with Gasteiger partial charge in [0.15, 0.2) is 0 Å². The van der Waals surface area contributed by atoms with Gasteiger partial charge in [-0.25, -0.2) is 0 Å². The van der Waals surface area contributed by atoms with Gasteiger partial charge in [0.25, 0.3) is 5.89 Å². The van der Waals surface area contributed by atoms with Crippen molar-refractivity contribution in [2.24, 2.45) is 0 Å². The molecule has 1 amide bonds. The summed E-state index contributed by atoms with van der Waals surface area (Å²) in [7, 11) is 4.01. The van der Waals surface area contributed by atoms with Crippen molar-refractivity contribution in [3.8, 4) is 10.8 Å². The quantitative estimate of drug-likeness (QED) is 0.549. The third-order valence-corrected chi connectivity index (χ3v) is 5.26. The minimum absolute atomic E-state index is 0.0202. The van der Waals surface area contributed by atoms with Gasteiger partial charge in [-0.2, -0.15) is 0 Å². The molecule has 1 N–H and O–H groups in total. The first kappa shape index (κ1) is 21.0. The zero-order chi connectivity index (χ0) is 20.6. The predicted octanol–water partition coefficient (Wildman–Crippen LogP) is 3.39. The van der Waals surface area contributed by atoms with Gasteiger partial charge in [-0.3, -0.25) is 9.69 Å². The first-order valence-electron chi connectivity index (χ1n) is 9.66. The van der Waals surface area contributed by atoms with Gasteiger partial charge in [0, 0.05) is 26.3 Å². The number of carbonyl (C=O) groups is 1. The zero-order valence-corrected chi connectivity index (χ0v) is 17.9. The van der Waals surface area contributed by atoms with E-state index in [1.54, 1.807) is 11.3 Å². The van der Waals surface area contributed by atoms with Crippen molar-refractivity contribution in [2.45, 2.75) is 26.4 Å². The minimum Gasteiger partial charge on any atom is -0.419 e. The molecule has 0 aliphatic heterocycles. The Balaban J connectivity index is 1.52. The second-order valence-electron chi connectivity index (χ2n) is 7.03. The standard InChI is InChI=1S/C21H27N5O2S/c1-4-11-26(15-20-23-24-21(28-20)18-6-5-12-29-18)14-19(27)22-13-16-7-9-17(10-8-16)25(2)3/h5-10,12H,4,11,13-15H2,1-3H3,(H,22,27). The Morgan fingerprint density at radius 1 is 1.17 bits per heavy atom. The molecule has 0 fully saturated rings. The Labute approximate surface area is 175 Å². The van der Waals surface area contributed by atoms with Crippen molar-refractivity contribution in [3.63, 3.8) is 0 Å². The Morgan fingerprint density at radius 3 is 2.62 bits per heavy atom. The fourth-order valence-electron chi connectivity index (χ4n) is 2.91. The average molecular weight is 414 g/mol. The largest absolute Gasteiger partial charge is 0.419 e. The number of aromatic nitrogens is 2. The van der Waals surface area contributed by atoms with E-state index in [1.165, 1.54) is 0 Å². The molecule has 2 aromatic heterocycles. The van der Waals surface area contributed by atoms with E-state index in [-0.39, 0.29) is 5.91 Å². The minimum atomic E-state index is -0.0202. The van der Waals surface area contributed by atoms with E-state index in [2.05, 4.69) is 22.4 Å². The summed E-state index contributed by atoms with van der Waals surface area (Å²) in [6.07, 6.45) is 0.936. The van der Waals surface area contributed by atoms with Crippen LogP contribution in [-0.2, 0) is 17.9 Å². The molecule has 0 saturated heterocycles. The van der Waals surface area contributed by atoms with E-state index < -0.39 is 0 Å². The predicted molar refractivity (Wildman–Crippen MR) is 116 cm³/mol. The molecule has 154 valence electrons. The van der Waals surface area contributed by atoms with Crippen LogP contribution in [0.5, 0.6) is 0 Å². The lowest BCUT2D eigenvalue weighted by molar-refractivity contribution is -0.122. The van der Waals surface area contributed by atoms with Crippen LogP contribution in [0.4, 0.5) is 5.69 Å². The lowest BCUT2D eigenvalue weighted by Crippen LogP contribution is -2.37. The van der Waals surface area contributed by atoms with E-state index in [4.69, 9.17) is 4.42 Å². The molecule has 2 heterocycles. The van der Waals surface area contributed by atoms with Crippen molar-refractivity contribution in [1.82, 2.24) is 20.4 Å². The molecule has 8 heteroatoms. The van der Waals surface area contributed by atoms with Gasteiger partial charge in [-0.1, -0.05) is 25.1 Å². The van der Waals surface area contributed by atoms with Gasteiger partial charge in [-0.05, 0) is 42.1 Å². The van der Waals surface area contributed by atoms with E-state index in [0.717, 1.165) is 29.1 Å². The van der Waals surface area contributed by atoms with E-state index >= 15 is 0 Å². The molecule has 3 aromatic rings. The molecule has 7 nitrogen and oxygen atoms in total. The molecule has 0 aliphatic rings. The van der Waals surface area contributed by atoms with Crippen molar-refractivity contribution in [2.75, 3.05) is 32.1 Å². The van der Waals surface area contributed by atoms with Crippen LogP contribution in [-0.4, -0.2) is 48.2 Å². The van der Waals surface area contributed by atoms with Crippen LogP contribution in [0.15, 0.2) is 46.2 Å². The molecule has 0 spiro atoms. The van der Waals surface area contributed by atoms with Crippen molar-refractivity contribution < 1.29 is 9.21 Å². The summed E-state index contributed by atoms with van der Waals surface area (Å²) >= 11 is 1.56. The maximum atomic E-state index is 12.4. The monoisotopic (exact) mass is 413 g/mol. The molecule has 0 aliphatic carbocycles. The lowest BCUT2D eigenvalue weighted by Gasteiger charge is -2.19. The van der Waals surface area contributed by atoms with Gasteiger partial charge in [-0.15, -0.1) is 21.5 Å². The highest BCUT2D eigenvalue weighted by atomic mass is 32.1. The highest BCUT2D eigenvalue weighted by Gasteiger charge is 2.15. The number of amides is 1. The maximum Gasteiger partial charge on any atom is 0.257 e. The first-order chi connectivity index (χ1) is 14.0. The third-order valence-electron chi connectivity index (χ3n) is 4.41. The smallest absolute Gasteiger partial charge is 0.257 e. The molecular weight excluding hydrogens is 386 g/mol. The van der Waals surface area contributed by atoms with Crippen LogP contribution < -0.4 is 10.2 Å². The number of nitrogens with one attached hydrogen (secondary N) is 1. The highest BCUT2D eigenvalue weighted by molar-refractivity contribution is 7.13. The number of anilines is 1. The van der Waals surface area contributed by atoms with Gasteiger partial charge in [0.05, 0.1) is 18.0 Å². The van der Waals surface area contributed by atoms with Crippen LogP contribution in [0.3, 0.4) is 0 Å². The zero-order valence-electron chi connectivity index (χ0n) is 17.1. The summed E-state index contributed by atoms with van der Waals surface area (Å²) in [6, 6.07) is 12.1. The van der Waals surface area contributed by atoms with Crippen LogP contribution in [0, 0.1) is 0 Å². The van der Waals surface area contributed by atoms with Gasteiger partial charge in [0.1, 0.15) is 0 Å². The highest BCUT2D eigenvalue weighted by Crippen LogP contribution is 2.23. The van der Waals surface area contributed by atoms with E-state index in [1.807, 2.05) is 65.7 Å². The van der Waals surface area contributed by atoms with Crippen LogP contribution in [0.1, 0.15) is 24.8 Å². The fourth-order valence-corrected chi connectivity index (χ4v) is 3.55. The summed E-state index contributed by atoms with van der Waals surface area (Å²) in [5.41, 5.74) is 2.21. The summed E-state index contributed by atoms with van der Waals surface area (Å²) in [4.78, 5) is 17.5. The maximum absolute atomic E-state index is 12.4. The number of rotatable bonds is 10. The topological polar surface area (TPSA) is 74.5 Å². The van der Waals surface area contributed by atoms with E-state index in [9.17, 15) is 4.79 Å². The SMILES string of the molecule is CCCN(CC(=O)NCc1ccc(N(C)C)cc1)Cc1nnc(-c2cccs2)o1. The molecule has 3 rings (SSSR count).